The Morgan fingerprint density at radius 2 is 1.59 bits per heavy atom. The van der Waals surface area contributed by atoms with Crippen molar-refractivity contribution >= 4 is 22.5 Å². The number of hydrogen-bond donors (Lipinski definition) is 1. The standard InChI is InChI=1S/C23H26N2O4/c1-5-27-19-13-17(14-20(28-6-2)22(19)29-7-3)23(26)25-18-10-8-9-16-12-11-15(4)24-21(16)18/h8-14H,5-7H2,1-4H3,(H,25,26). The molecule has 0 aliphatic rings. The van der Waals surface area contributed by atoms with Crippen LogP contribution in [-0.2, 0) is 0 Å². The highest BCUT2D eigenvalue weighted by Crippen LogP contribution is 2.39. The Bertz CT molecular complexity index is 990. The van der Waals surface area contributed by atoms with Crippen molar-refractivity contribution in [2.75, 3.05) is 25.1 Å². The highest BCUT2D eigenvalue weighted by molar-refractivity contribution is 6.08. The third-order valence-corrected chi connectivity index (χ3v) is 4.28. The molecular weight excluding hydrogens is 368 g/mol. The highest BCUT2D eigenvalue weighted by Gasteiger charge is 2.19. The van der Waals surface area contributed by atoms with Crippen molar-refractivity contribution in [2.45, 2.75) is 27.7 Å². The number of nitrogens with zero attached hydrogens (tertiary/aromatic N) is 1. The van der Waals surface area contributed by atoms with Gasteiger partial charge in [0.25, 0.3) is 5.91 Å². The van der Waals surface area contributed by atoms with Crippen LogP contribution in [0.15, 0.2) is 42.5 Å². The lowest BCUT2D eigenvalue weighted by atomic mass is 10.1. The van der Waals surface area contributed by atoms with Gasteiger partial charge in [0.05, 0.1) is 31.0 Å². The number of nitrogens with one attached hydrogen (secondary N) is 1. The van der Waals surface area contributed by atoms with E-state index < -0.39 is 0 Å². The lowest BCUT2D eigenvalue weighted by Crippen LogP contribution is -2.14. The molecule has 0 fully saturated rings. The highest BCUT2D eigenvalue weighted by atomic mass is 16.5. The van der Waals surface area contributed by atoms with Crippen LogP contribution in [0.25, 0.3) is 10.9 Å². The summed E-state index contributed by atoms with van der Waals surface area (Å²) in [6.45, 7) is 8.94. The zero-order valence-corrected chi connectivity index (χ0v) is 17.2. The minimum absolute atomic E-state index is 0.272. The maximum atomic E-state index is 13.0. The fourth-order valence-electron chi connectivity index (χ4n) is 3.06. The number of ether oxygens (including phenoxy) is 3. The molecule has 0 radical (unpaired) electrons. The average molecular weight is 394 g/mol. The van der Waals surface area contributed by atoms with Crippen LogP contribution in [0.2, 0.25) is 0 Å². The fourth-order valence-corrected chi connectivity index (χ4v) is 3.06. The minimum Gasteiger partial charge on any atom is -0.490 e. The maximum Gasteiger partial charge on any atom is 0.256 e. The van der Waals surface area contributed by atoms with Gasteiger partial charge in [0, 0.05) is 16.6 Å². The van der Waals surface area contributed by atoms with Gasteiger partial charge in [-0.25, -0.2) is 0 Å². The van der Waals surface area contributed by atoms with Crippen LogP contribution in [-0.4, -0.2) is 30.7 Å². The van der Waals surface area contributed by atoms with Gasteiger partial charge >= 0.3 is 0 Å². The van der Waals surface area contributed by atoms with Crippen LogP contribution in [0, 0.1) is 6.92 Å². The van der Waals surface area contributed by atoms with E-state index in [9.17, 15) is 4.79 Å². The first-order chi connectivity index (χ1) is 14.1. The van der Waals surface area contributed by atoms with Crippen LogP contribution in [0.5, 0.6) is 17.2 Å². The largest absolute Gasteiger partial charge is 0.490 e. The van der Waals surface area contributed by atoms with E-state index in [0.717, 1.165) is 16.6 Å². The molecule has 0 unspecified atom stereocenters. The summed E-state index contributed by atoms with van der Waals surface area (Å²) >= 11 is 0. The lowest BCUT2D eigenvalue weighted by Gasteiger charge is -2.17. The van der Waals surface area contributed by atoms with Crippen molar-refractivity contribution in [3.8, 4) is 17.2 Å². The summed E-state index contributed by atoms with van der Waals surface area (Å²) in [5, 5.41) is 3.93. The van der Waals surface area contributed by atoms with Crippen LogP contribution in [0.3, 0.4) is 0 Å². The number of para-hydroxylation sites is 1. The summed E-state index contributed by atoms with van der Waals surface area (Å²) in [5.74, 6) is 1.20. The minimum atomic E-state index is -0.272. The molecule has 3 aromatic rings. The van der Waals surface area contributed by atoms with Gasteiger partial charge in [0.2, 0.25) is 5.75 Å². The van der Waals surface area contributed by atoms with Crippen LogP contribution in [0.1, 0.15) is 36.8 Å². The monoisotopic (exact) mass is 394 g/mol. The van der Waals surface area contributed by atoms with E-state index in [0.29, 0.717) is 48.3 Å². The number of aromatic nitrogens is 1. The number of rotatable bonds is 8. The van der Waals surface area contributed by atoms with Crippen molar-refractivity contribution < 1.29 is 19.0 Å². The molecule has 0 spiro atoms. The first-order valence-corrected chi connectivity index (χ1v) is 9.81. The Kier molecular flexibility index (Phi) is 6.54. The molecule has 6 nitrogen and oxygen atoms in total. The molecule has 1 heterocycles. The summed E-state index contributed by atoms with van der Waals surface area (Å²) in [4.78, 5) is 17.6. The van der Waals surface area contributed by atoms with Crippen molar-refractivity contribution in [3.63, 3.8) is 0 Å². The van der Waals surface area contributed by atoms with Gasteiger partial charge in [0.15, 0.2) is 11.5 Å². The van der Waals surface area contributed by atoms with E-state index in [4.69, 9.17) is 14.2 Å². The van der Waals surface area contributed by atoms with E-state index in [2.05, 4.69) is 10.3 Å². The summed E-state index contributed by atoms with van der Waals surface area (Å²) in [5.41, 5.74) is 2.71. The first kappa shape index (κ1) is 20.5. The van der Waals surface area contributed by atoms with Crippen molar-refractivity contribution in [3.05, 3.63) is 53.7 Å². The molecular formula is C23H26N2O4. The van der Waals surface area contributed by atoms with E-state index in [1.54, 1.807) is 12.1 Å². The van der Waals surface area contributed by atoms with E-state index >= 15 is 0 Å². The number of aryl methyl sites for hydroxylation is 1. The molecule has 0 saturated carbocycles. The number of anilines is 1. The molecule has 1 N–H and O–H groups in total. The lowest BCUT2D eigenvalue weighted by molar-refractivity contribution is 0.102. The Balaban J connectivity index is 1.99. The van der Waals surface area contributed by atoms with Crippen LogP contribution >= 0.6 is 0 Å². The predicted molar refractivity (Wildman–Crippen MR) is 114 cm³/mol. The Morgan fingerprint density at radius 3 is 2.21 bits per heavy atom. The number of carbonyl (C=O) groups is 1. The number of hydrogen-bond acceptors (Lipinski definition) is 5. The van der Waals surface area contributed by atoms with Gasteiger partial charge in [-0.2, -0.15) is 0 Å². The zero-order valence-electron chi connectivity index (χ0n) is 17.2. The molecule has 0 atom stereocenters. The number of amides is 1. The molecule has 0 saturated heterocycles. The normalized spacial score (nSPS) is 10.6. The van der Waals surface area contributed by atoms with Gasteiger partial charge in [0.1, 0.15) is 0 Å². The second kappa shape index (κ2) is 9.28. The van der Waals surface area contributed by atoms with Gasteiger partial charge < -0.3 is 19.5 Å². The molecule has 29 heavy (non-hydrogen) atoms. The van der Waals surface area contributed by atoms with E-state index in [1.165, 1.54) is 0 Å². The Hall–Kier alpha value is -3.28. The molecule has 6 heteroatoms. The molecule has 0 aliphatic carbocycles. The Morgan fingerprint density at radius 1 is 0.931 bits per heavy atom. The predicted octanol–water partition coefficient (Wildman–Crippen LogP) is 4.99. The summed E-state index contributed by atoms with van der Waals surface area (Å²) in [6, 6.07) is 13.0. The van der Waals surface area contributed by atoms with Crippen molar-refractivity contribution in [1.82, 2.24) is 4.98 Å². The van der Waals surface area contributed by atoms with E-state index in [-0.39, 0.29) is 5.91 Å². The van der Waals surface area contributed by atoms with Crippen LogP contribution < -0.4 is 19.5 Å². The molecule has 0 bridgehead atoms. The van der Waals surface area contributed by atoms with Crippen LogP contribution in [0.4, 0.5) is 5.69 Å². The van der Waals surface area contributed by atoms with Crippen molar-refractivity contribution in [2.24, 2.45) is 0 Å². The topological polar surface area (TPSA) is 69.7 Å². The zero-order chi connectivity index (χ0) is 20.8. The maximum absolute atomic E-state index is 13.0. The summed E-state index contributed by atoms with van der Waals surface area (Å²) in [7, 11) is 0. The number of carbonyl (C=O) groups excluding carboxylic acids is 1. The number of fused-ring (bicyclic) bond motifs is 1. The summed E-state index contributed by atoms with van der Waals surface area (Å²) in [6.07, 6.45) is 0. The molecule has 2 aromatic carbocycles. The number of pyridine rings is 1. The fraction of sp³-hybridized carbons (Fsp3) is 0.304. The second-order valence-electron chi connectivity index (χ2n) is 6.38. The molecule has 152 valence electrons. The molecule has 0 aliphatic heterocycles. The quantitative estimate of drug-likeness (QED) is 0.583. The smallest absolute Gasteiger partial charge is 0.256 e. The van der Waals surface area contributed by atoms with Gasteiger partial charge in [-0.3, -0.25) is 9.78 Å². The SMILES string of the molecule is CCOc1cc(C(=O)Nc2cccc3ccc(C)nc23)cc(OCC)c1OCC. The van der Waals surface area contributed by atoms with Crippen molar-refractivity contribution in [1.29, 1.82) is 0 Å². The Labute approximate surface area is 170 Å². The van der Waals surface area contributed by atoms with E-state index in [1.807, 2.05) is 58.0 Å². The number of benzene rings is 2. The molecule has 1 aromatic heterocycles. The molecule has 3 rings (SSSR count). The summed E-state index contributed by atoms with van der Waals surface area (Å²) < 4.78 is 17.1. The first-order valence-electron chi connectivity index (χ1n) is 9.81. The van der Waals surface area contributed by atoms with Gasteiger partial charge in [-0.15, -0.1) is 0 Å². The van der Waals surface area contributed by atoms with Gasteiger partial charge in [-0.1, -0.05) is 18.2 Å². The van der Waals surface area contributed by atoms with Gasteiger partial charge in [-0.05, 0) is 52.0 Å². The molecule has 1 amide bonds. The third kappa shape index (κ3) is 4.59. The second-order valence-corrected chi connectivity index (χ2v) is 6.38. The average Bonchev–Trinajstić information content (AvgIpc) is 2.71. The third-order valence-electron chi connectivity index (χ3n) is 4.28.